The summed E-state index contributed by atoms with van der Waals surface area (Å²) in [6.07, 6.45) is 2.74. The fraction of sp³-hybridized carbons (Fsp3) is 0.600. The lowest BCUT2D eigenvalue weighted by atomic mass is 10.1. The van der Waals surface area contributed by atoms with Gasteiger partial charge in [0, 0.05) is 31.9 Å². The van der Waals surface area contributed by atoms with Gasteiger partial charge in [-0.15, -0.1) is 0 Å². The number of halogens is 1. The van der Waals surface area contributed by atoms with Gasteiger partial charge < -0.3 is 15.3 Å². The highest BCUT2D eigenvalue weighted by Crippen LogP contribution is 2.18. The van der Waals surface area contributed by atoms with Gasteiger partial charge in [-0.3, -0.25) is 4.79 Å². The van der Waals surface area contributed by atoms with Crippen molar-refractivity contribution in [1.29, 1.82) is 0 Å². The lowest BCUT2D eigenvalue weighted by Gasteiger charge is -2.27. The molecule has 0 spiro atoms. The monoisotopic (exact) mass is 297 g/mol. The maximum atomic E-state index is 14.4. The van der Waals surface area contributed by atoms with Gasteiger partial charge in [-0.1, -0.05) is 6.92 Å². The largest absolute Gasteiger partial charge is 0.396 e. The van der Waals surface area contributed by atoms with E-state index in [4.69, 9.17) is 5.11 Å². The zero-order chi connectivity index (χ0) is 15.8. The first kappa shape index (κ1) is 17.4. The molecule has 2 N–H and O–H groups in total. The Labute approximate surface area is 125 Å². The Bertz CT molecular complexity index is 466. The molecule has 21 heavy (non-hydrogen) atoms. The lowest BCUT2D eigenvalue weighted by Crippen LogP contribution is -2.38. The zero-order valence-corrected chi connectivity index (χ0v) is 12.9. The smallest absolute Gasteiger partial charge is 0.257 e. The van der Waals surface area contributed by atoms with Crippen molar-refractivity contribution in [2.45, 2.75) is 39.7 Å². The lowest BCUT2D eigenvalue weighted by molar-refractivity contribution is 0.0688. The predicted molar refractivity (Wildman–Crippen MR) is 80.9 cm³/mol. The van der Waals surface area contributed by atoms with E-state index in [9.17, 15) is 9.18 Å². The minimum absolute atomic E-state index is 0.00136. The minimum atomic E-state index is -0.620. The van der Waals surface area contributed by atoms with E-state index in [0.29, 0.717) is 19.5 Å². The van der Waals surface area contributed by atoms with Crippen LogP contribution in [-0.2, 0) is 0 Å². The molecule has 0 saturated carbocycles. The van der Waals surface area contributed by atoms with Crippen molar-refractivity contribution in [3.63, 3.8) is 0 Å². The molecule has 1 aromatic rings. The average Bonchev–Trinajstić information content (AvgIpc) is 2.46. The Balaban J connectivity index is 2.99. The van der Waals surface area contributed by atoms with Gasteiger partial charge in [0.05, 0.1) is 5.56 Å². The van der Waals surface area contributed by atoms with Crippen LogP contribution in [0, 0.1) is 5.82 Å². The number of carbonyl (C=O) groups excluding carboxylic acids is 1. The number of nitrogens with zero attached hydrogens (tertiary/aromatic N) is 2. The van der Waals surface area contributed by atoms with Crippen LogP contribution in [0.1, 0.15) is 44.0 Å². The summed E-state index contributed by atoms with van der Waals surface area (Å²) in [6, 6.07) is 1.33. The number of aromatic nitrogens is 1. The molecule has 0 fully saturated rings. The van der Waals surface area contributed by atoms with Crippen LogP contribution >= 0.6 is 0 Å². The second kappa shape index (κ2) is 8.56. The Hall–Kier alpha value is -1.69. The van der Waals surface area contributed by atoms with E-state index >= 15 is 0 Å². The molecular formula is C15H24FN3O2. The molecule has 0 aromatic carbocycles. The van der Waals surface area contributed by atoms with E-state index in [1.165, 1.54) is 12.3 Å². The molecule has 0 aliphatic rings. The SMILES string of the molecule is CCCNc1nccc(C(=O)N(CCCO)C(C)C)c1F. The maximum Gasteiger partial charge on any atom is 0.257 e. The van der Waals surface area contributed by atoms with Crippen LogP contribution in [0.15, 0.2) is 12.3 Å². The molecule has 0 aliphatic carbocycles. The summed E-state index contributed by atoms with van der Waals surface area (Å²) in [7, 11) is 0. The first-order valence-electron chi connectivity index (χ1n) is 7.33. The fourth-order valence-corrected chi connectivity index (χ4v) is 1.97. The van der Waals surface area contributed by atoms with E-state index in [1.807, 2.05) is 20.8 Å². The van der Waals surface area contributed by atoms with Crippen molar-refractivity contribution in [3.05, 3.63) is 23.6 Å². The first-order chi connectivity index (χ1) is 10.0. The van der Waals surface area contributed by atoms with E-state index in [1.54, 1.807) is 4.90 Å². The second-order valence-corrected chi connectivity index (χ2v) is 5.12. The Kier molecular flexibility index (Phi) is 7.08. The highest BCUT2D eigenvalue weighted by atomic mass is 19.1. The van der Waals surface area contributed by atoms with Crippen molar-refractivity contribution in [2.24, 2.45) is 0 Å². The van der Waals surface area contributed by atoms with Gasteiger partial charge in [0.15, 0.2) is 11.6 Å². The van der Waals surface area contributed by atoms with Gasteiger partial charge in [-0.05, 0) is 32.8 Å². The predicted octanol–water partition coefficient (Wildman–Crippen LogP) is 2.28. The molecule has 0 bridgehead atoms. The molecule has 0 radical (unpaired) electrons. The van der Waals surface area contributed by atoms with Crippen LogP contribution in [0.5, 0.6) is 0 Å². The molecular weight excluding hydrogens is 273 g/mol. The number of hydrogen-bond donors (Lipinski definition) is 2. The molecule has 6 heteroatoms. The molecule has 5 nitrogen and oxygen atoms in total. The molecule has 1 heterocycles. The summed E-state index contributed by atoms with van der Waals surface area (Å²) < 4.78 is 14.4. The average molecular weight is 297 g/mol. The van der Waals surface area contributed by atoms with Crippen LogP contribution in [0.4, 0.5) is 10.2 Å². The molecule has 1 amide bonds. The Morgan fingerprint density at radius 2 is 2.24 bits per heavy atom. The van der Waals surface area contributed by atoms with E-state index in [0.717, 1.165) is 6.42 Å². The van der Waals surface area contributed by atoms with Gasteiger partial charge in [0.2, 0.25) is 0 Å². The second-order valence-electron chi connectivity index (χ2n) is 5.12. The van der Waals surface area contributed by atoms with Crippen LogP contribution in [0.2, 0.25) is 0 Å². The third-order valence-electron chi connectivity index (χ3n) is 3.10. The molecule has 0 saturated heterocycles. The molecule has 1 aromatic heterocycles. The zero-order valence-electron chi connectivity index (χ0n) is 12.9. The molecule has 118 valence electrons. The number of hydrogen-bond acceptors (Lipinski definition) is 4. The molecule has 0 atom stereocenters. The Morgan fingerprint density at radius 1 is 1.52 bits per heavy atom. The van der Waals surface area contributed by atoms with E-state index < -0.39 is 5.82 Å². The number of nitrogens with one attached hydrogen (secondary N) is 1. The molecule has 0 aliphatic heterocycles. The van der Waals surface area contributed by atoms with Gasteiger partial charge in [0.25, 0.3) is 5.91 Å². The van der Waals surface area contributed by atoms with Gasteiger partial charge >= 0.3 is 0 Å². The van der Waals surface area contributed by atoms with Crippen molar-refractivity contribution in [2.75, 3.05) is 25.0 Å². The van der Waals surface area contributed by atoms with Crippen molar-refractivity contribution in [3.8, 4) is 0 Å². The third-order valence-corrected chi connectivity index (χ3v) is 3.10. The topological polar surface area (TPSA) is 65.5 Å². The summed E-state index contributed by atoms with van der Waals surface area (Å²) >= 11 is 0. The van der Waals surface area contributed by atoms with Crippen LogP contribution in [0.3, 0.4) is 0 Å². The molecule has 1 rings (SSSR count). The summed E-state index contributed by atoms with van der Waals surface area (Å²) in [5, 5.41) is 11.8. The molecule has 0 unspecified atom stereocenters. The maximum absolute atomic E-state index is 14.4. The number of carbonyl (C=O) groups is 1. The summed E-state index contributed by atoms with van der Waals surface area (Å²) in [5.74, 6) is -0.892. The number of rotatable bonds is 8. The van der Waals surface area contributed by atoms with Gasteiger partial charge in [-0.25, -0.2) is 9.37 Å². The third kappa shape index (κ3) is 4.67. The van der Waals surface area contributed by atoms with E-state index in [2.05, 4.69) is 10.3 Å². The number of aliphatic hydroxyl groups is 1. The van der Waals surface area contributed by atoms with Crippen molar-refractivity contribution < 1.29 is 14.3 Å². The summed E-state index contributed by atoms with van der Waals surface area (Å²) in [4.78, 5) is 18.0. The van der Waals surface area contributed by atoms with Crippen LogP contribution in [0.25, 0.3) is 0 Å². The highest BCUT2D eigenvalue weighted by molar-refractivity contribution is 5.95. The quantitative estimate of drug-likeness (QED) is 0.772. The summed E-state index contributed by atoms with van der Waals surface area (Å²) in [5.41, 5.74) is 0.00948. The van der Waals surface area contributed by atoms with Crippen molar-refractivity contribution in [1.82, 2.24) is 9.88 Å². The number of aliphatic hydroxyl groups excluding tert-OH is 1. The fourth-order valence-electron chi connectivity index (χ4n) is 1.97. The standard InChI is InChI=1S/C15H24FN3O2/c1-4-7-17-14-13(16)12(6-8-18-14)15(21)19(11(2)3)9-5-10-20/h6,8,11,20H,4-5,7,9-10H2,1-3H3,(H,17,18). The minimum Gasteiger partial charge on any atom is -0.396 e. The highest BCUT2D eigenvalue weighted by Gasteiger charge is 2.23. The van der Waals surface area contributed by atoms with E-state index in [-0.39, 0.29) is 29.9 Å². The van der Waals surface area contributed by atoms with Crippen LogP contribution < -0.4 is 5.32 Å². The first-order valence-corrected chi connectivity index (χ1v) is 7.33. The van der Waals surface area contributed by atoms with Gasteiger partial charge in [0.1, 0.15) is 0 Å². The van der Waals surface area contributed by atoms with Gasteiger partial charge in [-0.2, -0.15) is 0 Å². The number of amides is 1. The summed E-state index contributed by atoms with van der Waals surface area (Å²) in [6.45, 7) is 6.69. The Morgan fingerprint density at radius 3 is 2.81 bits per heavy atom. The van der Waals surface area contributed by atoms with Crippen LogP contribution in [-0.4, -0.2) is 46.6 Å². The number of pyridine rings is 1. The number of anilines is 1. The van der Waals surface area contributed by atoms with Crippen molar-refractivity contribution >= 4 is 11.7 Å². The normalized spacial score (nSPS) is 10.8.